The molecule has 0 aliphatic heterocycles. The van der Waals surface area contributed by atoms with Gasteiger partial charge in [0.05, 0.1) is 18.4 Å². The van der Waals surface area contributed by atoms with E-state index >= 15 is 0 Å². The molecule has 0 heterocycles. The molecule has 0 radical (unpaired) electrons. The van der Waals surface area contributed by atoms with Gasteiger partial charge in [-0.2, -0.15) is 0 Å². The van der Waals surface area contributed by atoms with Crippen LogP contribution in [0.4, 0.5) is 0 Å². The zero-order chi connectivity index (χ0) is 12.0. The first-order chi connectivity index (χ1) is 6.82. The Morgan fingerprint density at radius 1 is 1.12 bits per heavy atom. The van der Waals surface area contributed by atoms with E-state index < -0.39 is 42.5 Å². The maximum atomic E-state index is 10.9. The monoisotopic (exact) mass is 261 g/mol. The average Bonchev–Trinajstić information content (AvgIpc) is 1.99. The fraction of sp³-hybridized carbons (Fsp3) is 0.500. The van der Waals surface area contributed by atoms with E-state index in [1.807, 2.05) is 5.32 Å². The Morgan fingerprint density at radius 2 is 1.59 bits per heavy atom. The Hall–Kier alpha value is 0.0800. The number of aliphatic carboxylic acids is 2. The summed E-state index contributed by atoms with van der Waals surface area (Å²) in [5.41, 5.74) is 0. The number of ketones is 1. The van der Waals surface area contributed by atoms with Crippen LogP contribution in [0.3, 0.4) is 0 Å². The second-order valence-corrected chi connectivity index (χ2v) is 2.89. The van der Waals surface area contributed by atoms with Crippen LogP contribution in [0.1, 0.15) is 19.8 Å². The summed E-state index contributed by atoms with van der Waals surface area (Å²) in [5.74, 6) is -4.69. The fourth-order valence-corrected chi connectivity index (χ4v) is 0.831. The van der Waals surface area contributed by atoms with Gasteiger partial charge in [-0.15, -0.1) is 0 Å². The molecule has 0 aromatic carbocycles. The second kappa shape index (κ2) is 11.2. The molecule has 0 rings (SSSR count). The molecule has 84 valence electrons. The van der Waals surface area contributed by atoms with E-state index in [4.69, 9.17) is 0 Å². The molecule has 17 heavy (non-hydrogen) atoms. The molecule has 1 N–H and O–H groups in total. The maximum Gasteiger partial charge on any atom is 1.00 e. The van der Waals surface area contributed by atoms with Crippen LogP contribution in [0.25, 0.3) is 0 Å². The third-order valence-electron chi connectivity index (χ3n) is 1.40. The van der Waals surface area contributed by atoms with E-state index in [1.54, 1.807) is 0 Å². The minimum Gasteiger partial charge on any atom is -0.550 e. The van der Waals surface area contributed by atoms with Crippen LogP contribution >= 0.6 is 0 Å². The van der Waals surface area contributed by atoms with E-state index in [1.165, 1.54) is 0 Å². The quantitative estimate of drug-likeness (QED) is 0.373. The van der Waals surface area contributed by atoms with Crippen molar-refractivity contribution in [3.05, 3.63) is 0 Å². The molecule has 0 aromatic heterocycles. The van der Waals surface area contributed by atoms with Gasteiger partial charge in [0.25, 0.3) is 0 Å². The van der Waals surface area contributed by atoms with Gasteiger partial charge in [0.2, 0.25) is 5.91 Å². The molecule has 0 aliphatic rings. The number of carbonyl (C=O) groups excluding carboxylic acids is 4. The van der Waals surface area contributed by atoms with Crippen LogP contribution in [0.2, 0.25) is 0 Å². The number of Topliss-reactive ketones (excluding diaryl/α,β-unsaturated/α-hetero) is 1. The molecule has 0 aliphatic carbocycles. The van der Waals surface area contributed by atoms with Crippen LogP contribution in [-0.2, 0) is 19.2 Å². The first kappa shape index (κ1) is 22.3. The van der Waals surface area contributed by atoms with E-state index in [-0.39, 0.29) is 59.1 Å². The summed E-state index contributed by atoms with van der Waals surface area (Å²) in [6.07, 6.45) is -1.40. The van der Waals surface area contributed by atoms with Gasteiger partial charge in [-0.1, -0.05) is 0 Å². The molecule has 9 heteroatoms. The van der Waals surface area contributed by atoms with Crippen molar-refractivity contribution in [2.24, 2.45) is 0 Å². The third-order valence-corrected chi connectivity index (χ3v) is 1.40. The number of rotatable bonds is 6. The Morgan fingerprint density at radius 3 is 1.88 bits per heavy atom. The van der Waals surface area contributed by atoms with Gasteiger partial charge in [-0.3, -0.25) is 9.59 Å². The summed E-state index contributed by atoms with van der Waals surface area (Å²) < 4.78 is 0. The van der Waals surface area contributed by atoms with Crippen LogP contribution in [0, 0.1) is 0 Å². The molecule has 1 amide bonds. The summed E-state index contributed by atoms with van der Waals surface area (Å²) in [4.78, 5) is 41.8. The normalized spacial score (nSPS) is 10.2. The van der Waals surface area contributed by atoms with Crippen molar-refractivity contribution in [2.75, 3.05) is 0 Å². The van der Waals surface area contributed by atoms with E-state index in [2.05, 4.69) is 0 Å². The zero-order valence-corrected chi connectivity index (χ0v) is 13.9. The van der Waals surface area contributed by atoms with Gasteiger partial charge in [-0.25, -0.2) is 0 Å². The van der Waals surface area contributed by atoms with Crippen LogP contribution in [0.15, 0.2) is 0 Å². The van der Waals surface area contributed by atoms with Crippen molar-refractivity contribution in [1.82, 2.24) is 5.32 Å². The number of hydrogen-bond donors (Lipinski definition) is 1. The molecule has 0 bridgehead atoms. The smallest absolute Gasteiger partial charge is 0.550 e. The van der Waals surface area contributed by atoms with Gasteiger partial charge < -0.3 is 25.1 Å². The summed E-state index contributed by atoms with van der Waals surface area (Å²) in [7, 11) is 0. The maximum absolute atomic E-state index is 10.9. The number of hydrogen-bond acceptors (Lipinski definition) is 6. The molecule has 0 fully saturated rings. The van der Waals surface area contributed by atoms with Crippen LogP contribution in [0.5, 0.6) is 0 Å². The molecule has 0 unspecified atom stereocenters. The molecule has 0 aromatic rings. The molecule has 0 saturated carbocycles. The zero-order valence-electron chi connectivity index (χ0n) is 9.94. The van der Waals surface area contributed by atoms with Crippen molar-refractivity contribution >= 4 is 23.6 Å². The van der Waals surface area contributed by atoms with Crippen molar-refractivity contribution < 1.29 is 88.5 Å². The first-order valence-corrected chi connectivity index (χ1v) is 4.02. The molecule has 7 nitrogen and oxygen atoms in total. The number of carbonyl (C=O) groups is 4. The topological polar surface area (TPSA) is 126 Å². The molecular formula is C8H9NNa2O6. The Labute approximate surface area is 142 Å². The predicted molar refractivity (Wildman–Crippen MR) is 41.9 cm³/mol. The van der Waals surface area contributed by atoms with Crippen LogP contribution in [-0.4, -0.2) is 29.7 Å². The predicted octanol–water partition coefficient (Wildman–Crippen LogP) is -9.65. The Bertz CT molecular complexity index is 306. The number of carboxylic acid groups (broad SMARTS) is 2. The number of amides is 1. The summed E-state index contributed by atoms with van der Waals surface area (Å²) in [5, 5.41) is 22.3. The SMILES string of the molecule is CC(=O)CC(=O)N[C@@H](CC(=O)[O-])C(=O)[O-].[Na+].[Na+]. The van der Waals surface area contributed by atoms with Crippen molar-refractivity contribution in [3.8, 4) is 0 Å². The largest absolute Gasteiger partial charge is 1.00 e. The van der Waals surface area contributed by atoms with E-state index in [0.717, 1.165) is 6.92 Å². The first-order valence-electron chi connectivity index (χ1n) is 4.02. The summed E-state index contributed by atoms with van der Waals surface area (Å²) >= 11 is 0. The number of carboxylic acids is 2. The van der Waals surface area contributed by atoms with E-state index in [0.29, 0.717) is 0 Å². The standard InChI is InChI=1S/C8H11NO6.2Na/c1-4(10)2-6(11)9-5(8(14)15)3-7(12)13;;/h5H,2-3H2,1H3,(H,9,11)(H,12,13)(H,14,15);;/q;2*+1/p-2/t5-;;/m0../s1. The van der Waals surface area contributed by atoms with Gasteiger partial charge in [0.15, 0.2) is 0 Å². The summed E-state index contributed by atoms with van der Waals surface area (Å²) in [6, 6.07) is -1.68. The molecule has 0 spiro atoms. The van der Waals surface area contributed by atoms with E-state index in [9.17, 15) is 29.4 Å². The minimum absolute atomic E-state index is 0. The Kier molecular flexibility index (Phi) is 14.7. The fourth-order valence-electron chi connectivity index (χ4n) is 0.831. The summed E-state index contributed by atoms with van der Waals surface area (Å²) in [6.45, 7) is 1.15. The van der Waals surface area contributed by atoms with Crippen molar-refractivity contribution in [3.63, 3.8) is 0 Å². The van der Waals surface area contributed by atoms with Gasteiger partial charge in [-0.05, 0) is 6.92 Å². The van der Waals surface area contributed by atoms with Gasteiger partial charge in [0.1, 0.15) is 5.78 Å². The Balaban J connectivity index is -0.000000980. The van der Waals surface area contributed by atoms with Gasteiger partial charge >= 0.3 is 59.1 Å². The average molecular weight is 261 g/mol. The number of nitrogens with one attached hydrogen (secondary N) is 1. The van der Waals surface area contributed by atoms with Crippen molar-refractivity contribution in [2.45, 2.75) is 25.8 Å². The van der Waals surface area contributed by atoms with Crippen molar-refractivity contribution in [1.29, 1.82) is 0 Å². The van der Waals surface area contributed by atoms with Crippen LogP contribution < -0.4 is 74.6 Å². The molecule has 1 atom stereocenters. The molecule has 0 saturated heterocycles. The van der Waals surface area contributed by atoms with Gasteiger partial charge in [0, 0.05) is 12.4 Å². The minimum atomic E-state index is -1.74. The third kappa shape index (κ3) is 12.3. The second-order valence-electron chi connectivity index (χ2n) is 2.89. The molecular weight excluding hydrogens is 252 g/mol.